The quantitative estimate of drug-likeness (QED) is 0.696. The fraction of sp³-hybridized carbons (Fsp3) is 0.500. The average molecular weight is 404 g/mol. The number of ether oxygens (including phenoxy) is 1. The van der Waals surface area contributed by atoms with Gasteiger partial charge in [-0.25, -0.2) is 4.79 Å². The number of halogens is 3. The van der Waals surface area contributed by atoms with E-state index in [9.17, 15) is 18.0 Å². The van der Waals surface area contributed by atoms with Crippen molar-refractivity contribution in [1.82, 2.24) is 9.47 Å². The Balaban J connectivity index is 1.82. The van der Waals surface area contributed by atoms with Crippen molar-refractivity contribution >= 4 is 22.6 Å². The molecule has 0 amide bonds. The van der Waals surface area contributed by atoms with E-state index in [1.165, 1.54) is 0 Å². The van der Waals surface area contributed by atoms with Gasteiger partial charge in [0.2, 0.25) is 0 Å². The van der Waals surface area contributed by atoms with Gasteiger partial charge in [-0.05, 0) is 50.4 Å². The van der Waals surface area contributed by atoms with Crippen LogP contribution in [0.5, 0.6) is 0 Å². The zero-order valence-electron chi connectivity index (χ0n) is 16.3. The molecule has 0 aliphatic carbocycles. The molecule has 0 saturated carbocycles. The molecule has 1 aromatic carbocycles. The first kappa shape index (κ1) is 18.7. The molecule has 3 aliphatic rings. The number of hydrogen-bond donors (Lipinski definition) is 0. The lowest BCUT2D eigenvalue weighted by molar-refractivity contribution is -0.168. The minimum Gasteiger partial charge on any atom is -0.461 e. The van der Waals surface area contributed by atoms with Crippen LogP contribution in [0.2, 0.25) is 0 Å². The van der Waals surface area contributed by atoms with Crippen molar-refractivity contribution in [2.45, 2.75) is 44.8 Å². The van der Waals surface area contributed by atoms with Crippen LogP contribution in [0.3, 0.4) is 0 Å². The highest BCUT2D eigenvalue weighted by molar-refractivity contribution is 6.13. The first-order valence-electron chi connectivity index (χ1n) is 10.2. The topological polar surface area (TPSA) is 34.5 Å². The van der Waals surface area contributed by atoms with Gasteiger partial charge in [0.25, 0.3) is 0 Å². The number of benzene rings is 1. The molecule has 0 spiro atoms. The number of fused-ring (bicyclic) bond motifs is 3. The van der Waals surface area contributed by atoms with E-state index in [0.29, 0.717) is 12.8 Å². The number of para-hydroxylation sites is 1. The van der Waals surface area contributed by atoms with Crippen LogP contribution in [-0.4, -0.2) is 41.3 Å². The molecule has 1 fully saturated rings. The van der Waals surface area contributed by atoms with Gasteiger partial charge in [0.15, 0.2) is 0 Å². The number of nitrogens with zero attached hydrogens (tertiary/aromatic N) is 2. The second kappa shape index (κ2) is 6.36. The zero-order valence-corrected chi connectivity index (χ0v) is 16.3. The highest BCUT2D eigenvalue weighted by Crippen LogP contribution is 2.59. The Morgan fingerprint density at radius 3 is 2.83 bits per heavy atom. The normalized spacial score (nSPS) is 26.2. The molecule has 0 N–H and O–H groups in total. The molecule has 1 aromatic heterocycles. The lowest BCUT2D eigenvalue weighted by Crippen LogP contribution is -2.52. The number of esters is 1. The molecular weight excluding hydrogens is 381 g/mol. The second-order valence-corrected chi connectivity index (χ2v) is 8.28. The van der Waals surface area contributed by atoms with Gasteiger partial charge in [0.05, 0.1) is 24.6 Å². The van der Waals surface area contributed by atoms with E-state index in [-0.39, 0.29) is 18.3 Å². The largest absolute Gasteiger partial charge is 0.461 e. The number of rotatable bonds is 3. The van der Waals surface area contributed by atoms with E-state index in [1.54, 1.807) is 13.0 Å². The van der Waals surface area contributed by atoms with Crippen LogP contribution in [0.25, 0.3) is 16.6 Å². The molecule has 7 heteroatoms. The van der Waals surface area contributed by atoms with Gasteiger partial charge < -0.3 is 9.30 Å². The number of alkyl halides is 3. The van der Waals surface area contributed by atoms with Crippen LogP contribution in [-0.2, 0) is 16.0 Å². The molecule has 154 valence electrons. The molecule has 4 nitrogen and oxygen atoms in total. The average Bonchev–Trinajstić information content (AvgIpc) is 3.00. The molecular formula is C22H23F3N2O2. The van der Waals surface area contributed by atoms with Crippen LogP contribution < -0.4 is 0 Å². The van der Waals surface area contributed by atoms with Crippen molar-refractivity contribution in [2.24, 2.45) is 5.41 Å². The number of hydrogen-bond acceptors (Lipinski definition) is 3. The van der Waals surface area contributed by atoms with Gasteiger partial charge in [-0.3, -0.25) is 4.90 Å². The maximum atomic E-state index is 13.7. The molecule has 4 heterocycles. The third kappa shape index (κ3) is 2.74. The van der Waals surface area contributed by atoms with E-state index < -0.39 is 24.0 Å². The summed E-state index contributed by atoms with van der Waals surface area (Å²) in [5, 5.41) is 1.02. The molecule has 2 atom stereocenters. The van der Waals surface area contributed by atoms with Gasteiger partial charge in [-0.15, -0.1) is 0 Å². The van der Waals surface area contributed by atoms with E-state index in [0.717, 1.165) is 41.7 Å². The molecule has 3 aliphatic heterocycles. The summed E-state index contributed by atoms with van der Waals surface area (Å²) in [6.07, 6.45) is -1.77. The van der Waals surface area contributed by atoms with E-state index >= 15 is 0 Å². The minimum atomic E-state index is -4.31. The second-order valence-electron chi connectivity index (χ2n) is 8.28. The standard InChI is InChI=1S/C22H23F3N2O2/c1-2-29-20(28)17-12-21(13-22(23,24)25)9-5-10-26-11-8-15-14-6-3-4-7-16(14)27(17)18(15)19(21)26/h3-4,6-7,12,19H,2,5,8-11,13H2,1H3/t19-,21+/m0/s1. The molecule has 29 heavy (non-hydrogen) atoms. The van der Waals surface area contributed by atoms with Crippen LogP contribution in [0.1, 0.15) is 43.5 Å². The summed E-state index contributed by atoms with van der Waals surface area (Å²) >= 11 is 0. The van der Waals surface area contributed by atoms with Gasteiger partial charge in [-0.1, -0.05) is 18.2 Å². The first-order chi connectivity index (χ1) is 13.8. The minimum absolute atomic E-state index is 0.180. The summed E-state index contributed by atoms with van der Waals surface area (Å²) in [5.74, 6) is -0.557. The van der Waals surface area contributed by atoms with Crippen molar-refractivity contribution in [3.8, 4) is 0 Å². The predicted molar refractivity (Wildman–Crippen MR) is 103 cm³/mol. The van der Waals surface area contributed by atoms with Crippen LogP contribution in [0, 0.1) is 5.41 Å². The van der Waals surface area contributed by atoms with E-state index in [1.807, 2.05) is 28.8 Å². The van der Waals surface area contributed by atoms with Crippen LogP contribution >= 0.6 is 0 Å². The highest BCUT2D eigenvalue weighted by Gasteiger charge is 2.55. The van der Waals surface area contributed by atoms with E-state index in [4.69, 9.17) is 4.74 Å². The monoisotopic (exact) mass is 404 g/mol. The molecule has 0 unspecified atom stereocenters. The first-order valence-corrected chi connectivity index (χ1v) is 10.2. The predicted octanol–water partition coefficient (Wildman–Crippen LogP) is 4.69. The lowest BCUT2D eigenvalue weighted by Gasteiger charge is -2.53. The van der Waals surface area contributed by atoms with Crippen LogP contribution in [0.15, 0.2) is 30.3 Å². The Morgan fingerprint density at radius 1 is 1.28 bits per heavy atom. The van der Waals surface area contributed by atoms with E-state index in [2.05, 4.69) is 4.90 Å². The van der Waals surface area contributed by atoms with Gasteiger partial charge in [0.1, 0.15) is 5.70 Å². The zero-order chi connectivity index (χ0) is 20.4. The third-order valence-corrected chi connectivity index (χ3v) is 6.60. The Hall–Kier alpha value is -2.28. The Labute approximate surface area is 166 Å². The lowest BCUT2D eigenvalue weighted by atomic mass is 9.65. The Morgan fingerprint density at radius 2 is 2.07 bits per heavy atom. The summed E-state index contributed by atoms with van der Waals surface area (Å²) in [6, 6.07) is 7.41. The number of piperidine rings is 1. The molecule has 0 bridgehead atoms. The Kier molecular flexibility index (Phi) is 4.11. The fourth-order valence-electron chi connectivity index (χ4n) is 5.77. The van der Waals surface area contributed by atoms with Crippen molar-refractivity contribution in [3.63, 3.8) is 0 Å². The van der Waals surface area contributed by atoms with Crippen molar-refractivity contribution in [2.75, 3.05) is 19.7 Å². The Bertz CT molecular complexity index is 1020. The third-order valence-electron chi connectivity index (χ3n) is 6.60. The van der Waals surface area contributed by atoms with Crippen molar-refractivity contribution in [1.29, 1.82) is 0 Å². The van der Waals surface area contributed by atoms with Gasteiger partial charge in [0, 0.05) is 23.0 Å². The summed E-state index contributed by atoms with van der Waals surface area (Å²) in [6.45, 7) is 3.42. The van der Waals surface area contributed by atoms with Gasteiger partial charge >= 0.3 is 12.1 Å². The highest BCUT2D eigenvalue weighted by atomic mass is 19.4. The SMILES string of the molecule is CCOC(=O)C1=C[C@@]2(CC(F)(F)F)CCCN3CCc4c(n1c1ccccc41)[C@H]32. The summed E-state index contributed by atoms with van der Waals surface area (Å²) in [5.41, 5.74) is 1.88. The van der Waals surface area contributed by atoms with Crippen LogP contribution in [0.4, 0.5) is 13.2 Å². The molecule has 1 saturated heterocycles. The van der Waals surface area contributed by atoms with Gasteiger partial charge in [-0.2, -0.15) is 13.2 Å². The number of aromatic nitrogens is 1. The summed E-state index contributed by atoms with van der Waals surface area (Å²) in [4.78, 5) is 15.1. The maximum Gasteiger partial charge on any atom is 0.390 e. The van der Waals surface area contributed by atoms with Crippen molar-refractivity contribution < 1.29 is 22.7 Å². The molecule has 0 radical (unpaired) electrons. The molecule has 5 rings (SSSR count). The maximum absolute atomic E-state index is 13.7. The number of carbonyl (C=O) groups is 1. The fourth-order valence-corrected chi connectivity index (χ4v) is 5.77. The summed E-state index contributed by atoms with van der Waals surface area (Å²) < 4.78 is 48.4. The number of carbonyl (C=O) groups excluding carboxylic acids is 1. The smallest absolute Gasteiger partial charge is 0.390 e. The molecule has 2 aromatic rings. The summed E-state index contributed by atoms with van der Waals surface area (Å²) in [7, 11) is 0. The van der Waals surface area contributed by atoms with Crippen molar-refractivity contribution in [3.05, 3.63) is 41.6 Å².